The fourth-order valence-corrected chi connectivity index (χ4v) is 3.27. The van der Waals surface area contributed by atoms with Crippen LogP contribution in [0.2, 0.25) is 0 Å². The standard InChI is InChI=1S/C21H25N3O3/c1-13-11-20(15(3)24(13)19-9-10-19)21(26)12-27-23-14(2)17-5-7-18(8-6-17)22-16(4)25/h5-8,11,19H,9-10,12H2,1-4H3,(H,22,25)/b23-14+. The summed E-state index contributed by atoms with van der Waals surface area (Å²) in [4.78, 5) is 28.8. The van der Waals surface area contributed by atoms with Crippen molar-refractivity contribution >= 4 is 23.1 Å². The average molecular weight is 367 g/mol. The minimum absolute atomic E-state index is 0.0624. The second-order valence-electron chi connectivity index (χ2n) is 7.02. The Labute approximate surface area is 159 Å². The van der Waals surface area contributed by atoms with Gasteiger partial charge in [-0.1, -0.05) is 17.3 Å². The molecule has 27 heavy (non-hydrogen) atoms. The number of aromatic nitrogens is 1. The molecule has 3 rings (SSSR count). The number of amides is 1. The highest BCUT2D eigenvalue weighted by Crippen LogP contribution is 2.38. The molecule has 6 nitrogen and oxygen atoms in total. The number of nitrogens with one attached hydrogen (secondary N) is 1. The maximum atomic E-state index is 12.5. The van der Waals surface area contributed by atoms with E-state index >= 15 is 0 Å². The van der Waals surface area contributed by atoms with Gasteiger partial charge in [-0.05, 0) is 57.4 Å². The lowest BCUT2D eigenvalue weighted by Crippen LogP contribution is -2.10. The van der Waals surface area contributed by atoms with Gasteiger partial charge >= 0.3 is 0 Å². The van der Waals surface area contributed by atoms with Crippen LogP contribution in [-0.4, -0.2) is 28.6 Å². The minimum Gasteiger partial charge on any atom is -0.387 e. The topological polar surface area (TPSA) is 72.7 Å². The first-order valence-electron chi connectivity index (χ1n) is 9.13. The highest BCUT2D eigenvalue weighted by molar-refractivity contribution is 6.00. The number of anilines is 1. The number of nitrogens with zero attached hydrogens (tertiary/aromatic N) is 2. The van der Waals surface area contributed by atoms with Crippen molar-refractivity contribution in [2.45, 2.75) is 46.6 Å². The molecule has 1 aromatic carbocycles. The predicted octanol–water partition coefficient (Wildman–Crippen LogP) is 4.02. The molecule has 0 radical (unpaired) electrons. The maximum Gasteiger partial charge on any atom is 0.221 e. The Morgan fingerprint density at radius 2 is 1.85 bits per heavy atom. The lowest BCUT2D eigenvalue weighted by atomic mass is 10.1. The molecule has 0 atom stereocenters. The van der Waals surface area contributed by atoms with Crippen LogP contribution in [0, 0.1) is 13.8 Å². The van der Waals surface area contributed by atoms with E-state index in [4.69, 9.17) is 4.84 Å². The normalized spacial score (nSPS) is 14.1. The summed E-state index contributed by atoms with van der Waals surface area (Å²) in [7, 11) is 0. The maximum absolute atomic E-state index is 12.5. The van der Waals surface area contributed by atoms with Gasteiger partial charge in [-0.15, -0.1) is 0 Å². The summed E-state index contributed by atoms with van der Waals surface area (Å²) in [6, 6.07) is 9.78. The zero-order valence-corrected chi connectivity index (χ0v) is 16.2. The van der Waals surface area contributed by atoms with Crippen molar-refractivity contribution in [1.29, 1.82) is 0 Å². The van der Waals surface area contributed by atoms with Gasteiger partial charge in [0.1, 0.15) is 0 Å². The van der Waals surface area contributed by atoms with Gasteiger partial charge in [0.2, 0.25) is 11.7 Å². The number of rotatable bonds is 7. The number of carbonyl (C=O) groups excluding carboxylic acids is 2. The number of Topliss-reactive ketones (excluding diaryl/α,β-unsaturated/α-hetero) is 1. The predicted molar refractivity (Wildman–Crippen MR) is 105 cm³/mol. The molecule has 2 aromatic rings. The van der Waals surface area contributed by atoms with Crippen molar-refractivity contribution < 1.29 is 14.4 Å². The number of benzene rings is 1. The van der Waals surface area contributed by atoms with Crippen molar-refractivity contribution in [3.05, 3.63) is 52.8 Å². The Kier molecular flexibility index (Phi) is 5.44. The van der Waals surface area contributed by atoms with E-state index in [0.717, 1.165) is 22.6 Å². The summed E-state index contributed by atoms with van der Waals surface area (Å²) in [6.07, 6.45) is 2.37. The SMILES string of the molecule is CC(=O)Nc1ccc(/C(C)=N/OCC(=O)c2cc(C)n(C3CC3)c2C)cc1. The molecule has 1 aliphatic carbocycles. The Hall–Kier alpha value is -2.89. The van der Waals surface area contributed by atoms with Crippen LogP contribution in [0.5, 0.6) is 0 Å². The molecular formula is C21H25N3O3. The van der Waals surface area contributed by atoms with Crippen molar-refractivity contribution in [3.63, 3.8) is 0 Å². The molecular weight excluding hydrogens is 342 g/mol. The summed E-state index contributed by atoms with van der Waals surface area (Å²) in [5.74, 6) is -0.177. The molecule has 1 amide bonds. The van der Waals surface area contributed by atoms with Gasteiger partial charge in [0, 0.05) is 35.6 Å². The van der Waals surface area contributed by atoms with Crippen LogP contribution in [0.1, 0.15) is 60.0 Å². The van der Waals surface area contributed by atoms with Gasteiger partial charge in [-0.25, -0.2) is 0 Å². The summed E-state index contributed by atoms with van der Waals surface area (Å²) < 4.78 is 2.25. The van der Waals surface area contributed by atoms with Gasteiger partial charge in [0.05, 0.1) is 5.71 Å². The number of aryl methyl sites for hydroxylation is 1. The molecule has 1 aromatic heterocycles. The Morgan fingerprint density at radius 3 is 2.44 bits per heavy atom. The van der Waals surface area contributed by atoms with Crippen LogP contribution in [0.3, 0.4) is 0 Å². The largest absolute Gasteiger partial charge is 0.387 e. The lowest BCUT2D eigenvalue weighted by Gasteiger charge is -2.07. The second-order valence-corrected chi connectivity index (χ2v) is 7.02. The third-order valence-corrected chi connectivity index (χ3v) is 4.72. The van der Waals surface area contributed by atoms with Crippen LogP contribution in [-0.2, 0) is 9.63 Å². The fraction of sp³-hybridized carbons (Fsp3) is 0.381. The smallest absolute Gasteiger partial charge is 0.221 e. The van der Waals surface area contributed by atoms with E-state index < -0.39 is 0 Å². The zero-order chi connectivity index (χ0) is 19.6. The molecule has 1 saturated carbocycles. The second kappa shape index (κ2) is 7.78. The Morgan fingerprint density at radius 1 is 1.19 bits per heavy atom. The molecule has 142 valence electrons. The first-order valence-corrected chi connectivity index (χ1v) is 9.13. The lowest BCUT2D eigenvalue weighted by molar-refractivity contribution is -0.114. The van der Waals surface area contributed by atoms with E-state index in [1.807, 2.05) is 39.0 Å². The van der Waals surface area contributed by atoms with Crippen molar-refractivity contribution in [3.8, 4) is 0 Å². The average Bonchev–Trinajstić information content (AvgIpc) is 3.39. The van der Waals surface area contributed by atoms with Crippen LogP contribution in [0.4, 0.5) is 5.69 Å². The molecule has 6 heteroatoms. The highest BCUT2D eigenvalue weighted by Gasteiger charge is 2.28. The Bertz CT molecular complexity index is 890. The molecule has 1 fully saturated rings. The Balaban J connectivity index is 1.60. The van der Waals surface area contributed by atoms with Crippen LogP contribution in [0.15, 0.2) is 35.5 Å². The first kappa shape index (κ1) is 18.9. The quantitative estimate of drug-likeness (QED) is 0.456. The van der Waals surface area contributed by atoms with Gasteiger partial charge in [-0.3, -0.25) is 9.59 Å². The van der Waals surface area contributed by atoms with E-state index in [9.17, 15) is 9.59 Å². The molecule has 0 aliphatic heterocycles. The van der Waals surface area contributed by atoms with E-state index in [-0.39, 0.29) is 18.3 Å². The molecule has 1 heterocycles. The molecule has 1 N–H and O–H groups in total. The van der Waals surface area contributed by atoms with Crippen LogP contribution >= 0.6 is 0 Å². The van der Waals surface area contributed by atoms with E-state index in [0.29, 0.717) is 17.3 Å². The van der Waals surface area contributed by atoms with Gasteiger partial charge in [0.25, 0.3) is 0 Å². The summed E-state index contributed by atoms with van der Waals surface area (Å²) in [5.41, 5.74) is 5.10. The fourth-order valence-electron chi connectivity index (χ4n) is 3.27. The van der Waals surface area contributed by atoms with E-state index in [2.05, 4.69) is 15.0 Å². The van der Waals surface area contributed by atoms with Gasteiger partial charge in [-0.2, -0.15) is 0 Å². The summed E-state index contributed by atoms with van der Waals surface area (Å²) in [6.45, 7) is 7.22. The monoisotopic (exact) mass is 367 g/mol. The molecule has 0 bridgehead atoms. The minimum atomic E-state index is -0.115. The summed E-state index contributed by atoms with van der Waals surface area (Å²) in [5, 5.41) is 6.77. The molecule has 0 spiro atoms. The van der Waals surface area contributed by atoms with Crippen molar-refractivity contribution in [2.75, 3.05) is 11.9 Å². The first-order chi connectivity index (χ1) is 12.9. The van der Waals surface area contributed by atoms with Crippen LogP contribution < -0.4 is 5.32 Å². The molecule has 1 aliphatic rings. The number of carbonyl (C=O) groups is 2. The van der Waals surface area contributed by atoms with Gasteiger partial charge in [0.15, 0.2) is 6.61 Å². The number of hydrogen-bond acceptors (Lipinski definition) is 4. The highest BCUT2D eigenvalue weighted by atomic mass is 16.6. The number of hydrogen-bond donors (Lipinski definition) is 1. The zero-order valence-electron chi connectivity index (χ0n) is 16.2. The summed E-state index contributed by atoms with van der Waals surface area (Å²) >= 11 is 0. The molecule has 0 unspecified atom stereocenters. The van der Waals surface area contributed by atoms with E-state index in [1.165, 1.54) is 19.8 Å². The van der Waals surface area contributed by atoms with E-state index in [1.54, 1.807) is 12.1 Å². The van der Waals surface area contributed by atoms with Crippen molar-refractivity contribution in [2.24, 2.45) is 5.16 Å². The number of oxime groups is 1. The van der Waals surface area contributed by atoms with Gasteiger partial charge < -0.3 is 14.7 Å². The molecule has 0 saturated heterocycles. The third-order valence-electron chi connectivity index (χ3n) is 4.72. The van der Waals surface area contributed by atoms with Crippen LogP contribution in [0.25, 0.3) is 0 Å². The third kappa shape index (κ3) is 4.45. The number of ketones is 1. The van der Waals surface area contributed by atoms with Crippen molar-refractivity contribution in [1.82, 2.24) is 4.57 Å².